The molecular formula is C21H18N4S. The van der Waals surface area contributed by atoms with Crippen molar-refractivity contribution in [1.29, 1.82) is 0 Å². The van der Waals surface area contributed by atoms with Gasteiger partial charge in [-0.2, -0.15) is 5.10 Å². The molecule has 0 atom stereocenters. The number of aromatic nitrogens is 3. The van der Waals surface area contributed by atoms with Crippen LogP contribution >= 0.6 is 11.3 Å². The van der Waals surface area contributed by atoms with Crippen LogP contribution in [0.1, 0.15) is 11.3 Å². The van der Waals surface area contributed by atoms with Crippen molar-refractivity contribution in [2.75, 3.05) is 5.32 Å². The second kappa shape index (κ2) is 7.45. The van der Waals surface area contributed by atoms with Gasteiger partial charge in [-0.05, 0) is 30.7 Å². The summed E-state index contributed by atoms with van der Waals surface area (Å²) in [6, 6.07) is 22.6. The number of aryl methyl sites for hydroxylation is 1. The summed E-state index contributed by atoms with van der Waals surface area (Å²) in [7, 11) is 0. The van der Waals surface area contributed by atoms with E-state index in [1.54, 1.807) is 11.3 Å². The number of anilines is 1. The molecule has 0 bridgehead atoms. The molecule has 0 aliphatic rings. The Kier molecular flexibility index (Phi) is 4.71. The summed E-state index contributed by atoms with van der Waals surface area (Å²) < 4.78 is 0. The Balaban J connectivity index is 1.51. The van der Waals surface area contributed by atoms with Crippen LogP contribution in [0.15, 0.2) is 72.1 Å². The van der Waals surface area contributed by atoms with Gasteiger partial charge in [-0.1, -0.05) is 48.5 Å². The van der Waals surface area contributed by atoms with Crippen LogP contribution in [-0.4, -0.2) is 15.2 Å². The third-order valence-electron chi connectivity index (χ3n) is 4.02. The maximum atomic E-state index is 4.80. The zero-order chi connectivity index (χ0) is 17.8. The lowest BCUT2D eigenvalue weighted by Gasteiger charge is -2.06. The van der Waals surface area contributed by atoms with Crippen LogP contribution in [0.25, 0.3) is 21.8 Å². The van der Waals surface area contributed by atoms with Gasteiger partial charge in [-0.3, -0.25) is 0 Å². The van der Waals surface area contributed by atoms with Gasteiger partial charge in [0.2, 0.25) is 0 Å². The Hall–Kier alpha value is -3.05. The highest BCUT2D eigenvalue weighted by molar-refractivity contribution is 7.13. The summed E-state index contributed by atoms with van der Waals surface area (Å²) in [6.07, 6.45) is 0. The van der Waals surface area contributed by atoms with Crippen molar-refractivity contribution in [1.82, 2.24) is 15.2 Å². The molecule has 1 N–H and O–H groups in total. The number of hydrogen-bond donors (Lipinski definition) is 1. The first-order chi connectivity index (χ1) is 12.8. The quantitative estimate of drug-likeness (QED) is 0.533. The van der Waals surface area contributed by atoms with E-state index in [-0.39, 0.29) is 0 Å². The molecule has 0 radical (unpaired) electrons. The minimum atomic E-state index is 0.697. The van der Waals surface area contributed by atoms with Crippen LogP contribution in [0, 0.1) is 6.92 Å². The second-order valence-electron chi connectivity index (χ2n) is 6.02. The summed E-state index contributed by atoms with van der Waals surface area (Å²) in [5.74, 6) is 0.779. The van der Waals surface area contributed by atoms with Crippen molar-refractivity contribution >= 4 is 17.2 Å². The second-order valence-corrected chi connectivity index (χ2v) is 6.88. The van der Waals surface area contributed by atoms with Crippen molar-refractivity contribution in [3.05, 3.63) is 83.4 Å². The zero-order valence-corrected chi connectivity index (χ0v) is 15.2. The molecule has 2 aromatic heterocycles. The maximum absolute atomic E-state index is 4.80. The molecule has 2 heterocycles. The molecule has 2 aromatic carbocycles. The summed E-state index contributed by atoms with van der Waals surface area (Å²) >= 11 is 1.67. The van der Waals surface area contributed by atoms with Crippen molar-refractivity contribution in [3.8, 4) is 21.8 Å². The highest BCUT2D eigenvalue weighted by Crippen LogP contribution is 2.29. The first kappa shape index (κ1) is 16.4. The lowest BCUT2D eigenvalue weighted by molar-refractivity contribution is 0.963. The van der Waals surface area contributed by atoms with E-state index in [0.29, 0.717) is 6.54 Å². The van der Waals surface area contributed by atoms with Gasteiger partial charge in [0.05, 0.1) is 11.4 Å². The average molecular weight is 358 g/mol. The van der Waals surface area contributed by atoms with E-state index >= 15 is 0 Å². The highest BCUT2D eigenvalue weighted by atomic mass is 32.1. The van der Waals surface area contributed by atoms with Gasteiger partial charge in [0, 0.05) is 23.1 Å². The van der Waals surface area contributed by atoms with Crippen LogP contribution in [0.5, 0.6) is 0 Å². The first-order valence-corrected chi connectivity index (χ1v) is 9.30. The average Bonchev–Trinajstić information content (AvgIpc) is 3.19. The summed E-state index contributed by atoms with van der Waals surface area (Å²) in [5.41, 5.74) is 5.39. The smallest absolute Gasteiger partial charge is 0.148 e. The number of nitrogens with one attached hydrogen (secondary N) is 1. The number of hydrogen-bond acceptors (Lipinski definition) is 5. The van der Waals surface area contributed by atoms with Crippen molar-refractivity contribution in [3.63, 3.8) is 0 Å². The molecule has 0 unspecified atom stereocenters. The fourth-order valence-electron chi connectivity index (χ4n) is 2.65. The molecular weight excluding hydrogens is 340 g/mol. The predicted molar refractivity (Wildman–Crippen MR) is 107 cm³/mol. The monoisotopic (exact) mass is 358 g/mol. The largest absolute Gasteiger partial charge is 0.365 e. The van der Waals surface area contributed by atoms with Gasteiger partial charge < -0.3 is 5.32 Å². The van der Waals surface area contributed by atoms with Crippen LogP contribution in [0.2, 0.25) is 0 Å². The maximum Gasteiger partial charge on any atom is 0.148 e. The Labute approximate surface area is 156 Å². The number of thiazole rings is 1. The molecule has 0 saturated carbocycles. The molecule has 26 heavy (non-hydrogen) atoms. The minimum absolute atomic E-state index is 0.697. The van der Waals surface area contributed by atoms with Crippen LogP contribution < -0.4 is 5.32 Å². The van der Waals surface area contributed by atoms with Gasteiger partial charge in [0.1, 0.15) is 10.8 Å². The summed E-state index contributed by atoms with van der Waals surface area (Å²) in [6.45, 7) is 2.63. The van der Waals surface area contributed by atoms with E-state index in [1.165, 1.54) is 5.56 Å². The molecule has 4 rings (SSSR count). The topological polar surface area (TPSA) is 50.7 Å². The van der Waals surface area contributed by atoms with Gasteiger partial charge in [-0.15, -0.1) is 16.4 Å². The van der Waals surface area contributed by atoms with Crippen LogP contribution in [0.4, 0.5) is 5.82 Å². The molecule has 0 spiro atoms. The first-order valence-electron chi connectivity index (χ1n) is 8.42. The summed E-state index contributed by atoms with van der Waals surface area (Å²) in [4.78, 5) is 4.80. The molecule has 4 aromatic rings. The Morgan fingerprint density at radius 1 is 0.885 bits per heavy atom. The Morgan fingerprint density at radius 2 is 1.73 bits per heavy atom. The lowest BCUT2D eigenvalue weighted by atomic mass is 10.1. The standard InChI is InChI=1S/C21H18N4S/c1-15-10-11-20(25-24-15)22-13-16-6-5-9-18(12-16)21-23-19(14-26-21)17-7-3-2-4-8-17/h2-12,14H,13H2,1H3,(H,22,25). The Bertz CT molecular complexity index is 994. The SMILES string of the molecule is Cc1ccc(NCc2cccc(-c3nc(-c4ccccc4)cs3)c2)nn1. The summed E-state index contributed by atoms with van der Waals surface area (Å²) in [5, 5.41) is 14.7. The van der Waals surface area contributed by atoms with E-state index in [0.717, 1.165) is 33.3 Å². The van der Waals surface area contributed by atoms with Crippen molar-refractivity contribution in [2.45, 2.75) is 13.5 Å². The number of nitrogens with zero attached hydrogens (tertiary/aromatic N) is 3. The van der Waals surface area contributed by atoms with E-state index in [9.17, 15) is 0 Å². The number of benzene rings is 2. The third-order valence-corrected chi connectivity index (χ3v) is 4.91. The number of rotatable bonds is 5. The molecule has 5 heteroatoms. The van der Waals surface area contributed by atoms with Crippen LogP contribution in [0.3, 0.4) is 0 Å². The molecule has 0 saturated heterocycles. The fraction of sp³-hybridized carbons (Fsp3) is 0.0952. The molecule has 4 nitrogen and oxygen atoms in total. The molecule has 0 aliphatic carbocycles. The fourth-order valence-corrected chi connectivity index (χ4v) is 3.47. The Morgan fingerprint density at radius 3 is 2.54 bits per heavy atom. The van der Waals surface area contributed by atoms with Crippen LogP contribution in [-0.2, 0) is 6.54 Å². The van der Waals surface area contributed by atoms with Crippen molar-refractivity contribution < 1.29 is 0 Å². The zero-order valence-electron chi connectivity index (χ0n) is 14.4. The predicted octanol–water partition coefficient (Wildman–Crippen LogP) is 5.19. The minimum Gasteiger partial charge on any atom is -0.365 e. The molecule has 128 valence electrons. The van der Waals surface area contributed by atoms with Gasteiger partial charge in [-0.25, -0.2) is 4.98 Å². The van der Waals surface area contributed by atoms with Crippen molar-refractivity contribution in [2.24, 2.45) is 0 Å². The third kappa shape index (κ3) is 3.78. The van der Waals surface area contributed by atoms with Gasteiger partial charge in [0.25, 0.3) is 0 Å². The van der Waals surface area contributed by atoms with E-state index in [2.05, 4.69) is 57.3 Å². The lowest BCUT2D eigenvalue weighted by Crippen LogP contribution is -2.02. The molecule has 0 aliphatic heterocycles. The molecule has 0 amide bonds. The van der Waals surface area contributed by atoms with Gasteiger partial charge in [0.15, 0.2) is 0 Å². The van der Waals surface area contributed by atoms with Gasteiger partial charge >= 0.3 is 0 Å². The van der Waals surface area contributed by atoms with E-state index < -0.39 is 0 Å². The van der Waals surface area contributed by atoms with E-state index in [4.69, 9.17) is 4.98 Å². The van der Waals surface area contributed by atoms with E-state index in [1.807, 2.05) is 37.3 Å². The normalized spacial score (nSPS) is 10.7. The highest BCUT2D eigenvalue weighted by Gasteiger charge is 2.07. The molecule has 0 fully saturated rings.